The second-order valence-corrected chi connectivity index (χ2v) is 5.40. The van der Waals surface area contributed by atoms with Crippen molar-refractivity contribution in [2.24, 2.45) is 30.6 Å². The SMILES string of the molecule is CN(C)C(=N)N=C(N)N.Cn1c(=O)c2c(ncn2CC(=O)O)n(C)c1=O. The number of aryl methyl sites for hydroxylation is 1. The number of nitrogens with one attached hydrogen (secondary N) is 1. The number of guanidine groups is 2. The van der Waals surface area contributed by atoms with Crippen LogP contribution in [-0.2, 0) is 25.4 Å². The predicted octanol–water partition coefficient (Wildman–Crippen LogP) is -2.73. The molecule has 0 radical (unpaired) electrons. The smallest absolute Gasteiger partial charge is 0.332 e. The summed E-state index contributed by atoms with van der Waals surface area (Å²) in [6, 6.07) is 0. The van der Waals surface area contributed by atoms with Crippen LogP contribution >= 0.6 is 0 Å². The molecule has 2 aromatic rings. The summed E-state index contributed by atoms with van der Waals surface area (Å²) in [5.74, 6) is -1.12. The fourth-order valence-corrected chi connectivity index (χ4v) is 1.88. The van der Waals surface area contributed by atoms with Gasteiger partial charge in [-0.05, 0) is 0 Å². The lowest BCUT2D eigenvalue weighted by atomic mass is 10.5. The van der Waals surface area contributed by atoms with Crippen LogP contribution in [0.5, 0.6) is 0 Å². The Morgan fingerprint density at radius 1 is 1.31 bits per heavy atom. The highest BCUT2D eigenvalue weighted by molar-refractivity contribution is 5.91. The third-order valence-electron chi connectivity index (χ3n) is 3.18. The number of nitrogens with zero attached hydrogens (tertiary/aromatic N) is 6. The van der Waals surface area contributed by atoms with Gasteiger partial charge in [-0.1, -0.05) is 0 Å². The molecule has 0 spiro atoms. The Kier molecular flexibility index (Phi) is 6.24. The van der Waals surface area contributed by atoms with Gasteiger partial charge in [0.1, 0.15) is 6.54 Å². The molecule has 0 atom stereocenters. The zero-order chi connectivity index (χ0) is 20.2. The molecule has 13 heteroatoms. The van der Waals surface area contributed by atoms with Gasteiger partial charge in [-0.25, -0.2) is 9.78 Å². The lowest BCUT2D eigenvalue weighted by Gasteiger charge is -2.07. The number of carbonyl (C=O) groups is 1. The number of aromatic nitrogens is 4. The molecule has 2 rings (SSSR count). The van der Waals surface area contributed by atoms with Crippen LogP contribution in [0.25, 0.3) is 11.2 Å². The highest BCUT2D eigenvalue weighted by atomic mass is 16.4. The second kappa shape index (κ2) is 7.96. The third kappa shape index (κ3) is 4.46. The van der Waals surface area contributed by atoms with Crippen molar-refractivity contribution < 1.29 is 9.90 Å². The summed E-state index contributed by atoms with van der Waals surface area (Å²) in [6.07, 6.45) is 1.24. The second-order valence-electron chi connectivity index (χ2n) is 5.40. The van der Waals surface area contributed by atoms with E-state index in [4.69, 9.17) is 22.0 Å². The Hall–Kier alpha value is -3.64. The highest BCUT2D eigenvalue weighted by Crippen LogP contribution is 2.04. The molecule has 13 nitrogen and oxygen atoms in total. The van der Waals surface area contributed by atoms with Gasteiger partial charge in [-0.3, -0.25) is 24.1 Å². The number of hydrogen-bond donors (Lipinski definition) is 4. The zero-order valence-electron chi connectivity index (χ0n) is 14.8. The van der Waals surface area contributed by atoms with Crippen LogP contribution in [0.3, 0.4) is 0 Å². The molecule has 6 N–H and O–H groups in total. The van der Waals surface area contributed by atoms with E-state index in [9.17, 15) is 14.4 Å². The van der Waals surface area contributed by atoms with Gasteiger partial charge in [-0.15, -0.1) is 0 Å². The van der Waals surface area contributed by atoms with Crippen molar-refractivity contribution >= 4 is 29.1 Å². The Morgan fingerprint density at radius 3 is 2.31 bits per heavy atom. The maximum atomic E-state index is 11.9. The van der Waals surface area contributed by atoms with Gasteiger partial charge in [0, 0.05) is 28.2 Å². The van der Waals surface area contributed by atoms with Crippen molar-refractivity contribution in [3.8, 4) is 0 Å². The molecule has 0 aromatic carbocycles. The first kappa shape index (κ1) is 20.4. The molecule has 0 fully saturated rings. The Balaban J connectivity index is 0.000000321. The van der Waals surface area contributed by atoms with Crippen molar-refractivity contribution in [3.05, 3.63) is 27.2 Å². The molecule has 2 heterocycles. The van der Waals surface area contributed by atoms with Gasteiger partial charge in [-0.2, -0.15) is 4.99 Å². The van der Waals surface area contributed by atoms with E-state index in [-0.39, 0.29) is 29.6 Å². The van der Waals surface area contributed by atoms with Gasteiger partial charge >= 0.3 is 11.7 Å². The molecule has 0 saturated carbocycles. The van der Waals surface area contributed by atoms with E-state index in [0.29, 0.717) is 0 Å². The first-order valence-electron chi connectivity index (χ1n) is 7.15. The normalized spacial score (nSPS) is 10.0. The van der Waals surface area contributed by atoms with Crippen LogP contribution in [0.1, 0.15) is 0 Å². The number of imidazole rings is 1. The number of aliphatic carboxylic acids is 1. The van der Waals surface area contributed by atoms with Crippen LogP contribution in [0.15, 0.2) is 20.9 Å². The van der Waals surface area contributed by atoms with Crippen molar-refractivity contribution in [3.63, 3.8) is 0 Å². The number of nitrogens with two attached hydrogens (primary N) is 2. The summed E-state index contributed by atoms with van der Waals surface area (Å²) in [5, 5.41) is 15.8. The van der Waals surface area contributed by atoms with E-state index in [1.807, 2.05) is 0 Å². The highest BCUT2D eigenvalue weighted by Gasteiger charge is 2.15. The van der Waals surface area contributed by atoms with Gasteiger partial charge in [0.2, 0.25) is 5.96 Å². The summed E-state index contributed by atoms with van der Waals surface area (Å²) in [6.45, 7) is -0.371. The van der Waals surface area contributed by atoms with Crippen LogP contribution < -0.4 is 22.7 Å². The maximum absolute atomic E-state index is 11.9. The number of rotatable bonds is 2. The predicted molar refractivity (Wildman–Crippen MR) is 95.1 cm³/mol. The van der Waals surface area contributed by atoms with E-state index in [1.165, 1.54) is 34.5 Å². The molecule has 0 aliphatic rings. The average Bonchev–Trinajstić information content (AvgIpc) is 2.93. The third-order valence-corrected chi connectivity index (χ3v) is 3.18. The summed E-state index contributed by atoms with van der Waals surface area (Å²) in [5.41, 5.74) is 9.22. The van der Waals surface area contributed by atoms with Gasteiger partial charge < -0.3 is 26.0 Å². The molecule has 0 aliphatic carbocycles. The molecule has 0 saturated heterocycles. The van der Waals surface area contributed by atoms with E-state index in [0.717, 1.165) is 4.57 Å². The quantitative estimate of drug-likeness (QED) is 0.325. The number of carboxylic acids is 1. The zero-order valence-corrected chi connectivity index (χ0v) is 14.8. The van der Waals surface area contributed by atoms with Crippen LogP contribution in [-0.4, -0.2) is 60.7 Å². The fourth-order valence-electron chi connectivity index (χ4n) is 1.88. The van der Waals surface area contributed by atoms with E-state index in [1.54, 1.807) is 14.1 Å². The molecular formula is C13H21N9O4. The van der Waals surface area contributed by atoms with Crippen molar-refractivity contribution in [2.45, 2.75) is 6.54 Å². The molecule has 0 amide bonds. The average molecular weight is 367 g/mol. The molecule has 26 heavy (non-hydrogen) atoms. The molecule has 2 aromatic heterocycles. The van der Waals surface area contributed by atoms with E-state index < -0.39 is 17.2 Å². The van der Waals surface area contributed by atoms with Crippen LogP contribution in [0.4, 0.5) is 0 Å². The summed E-state index contributed by atoms with van der Waals surface area (Å²) in [4.78, 5) is 42.9. The molecular weight excluding hydrogens is 346 g/mol. The minimum Gasteiger partial charge on any atom is -0.480 e. The Bertz CT molecular complexity index is 976. The monoisotopic (exact) mass is 367 g/mol. The van der Waals surface area contributed by atoms with E-state index >= 15 is 0 Å². The fraction of sp³-hybridized carbons (Fsp3) is 0.385. The van der Waals surface area contributed by atoms with Gasteiger partial charge in [0.15, 0.2) is 17.1 Å². The molecule has 0 bridgehead atoms. The van der Waals surface area contributed by atoms with Crippen LogP contribution in [0.2, 0.25) is 0 Å². The largest absolute Gasteiger partial charge is 0.480 e. The van der Waals surface area contributed by atoms with Crippen molar-refractivity contribution in [1.29, 1.82) is 5.41 Å². The van der Waals surface area contributed by atoms with E-state index in [2.05, 4.69) is 9.98 Å². The number of hydrogen-bond acceptors (Lipinski definition) is 5. The minimum atomic E-state index is -1.08. The Morgan fingerprint density at radius 2 is 1.88 bits per heavy atom. The molecule has 142 valence electrons. The standard InChI is InChI=1S/C9H10N4O4.C4H11N5/c1-11-7-6(8(16)12(2)9(11)17)13(4-10-7)3-5(14)15;1-9(2)4(7)8-3(5)6/h4H,3H2,1-2H3,(H,14,15);1-2H3,(H5,5,6,7,8). The van der Waals surface area contributed by atoms with Gasteiger partial charge in [0.25, 0.3) is 5.56 Å². The summed E-state index contributed by atoms with van der Waals surface area (Å²) >= 11 is 0. The lowest BCUT2D eigenvalue weighted by Crippen LogP contribution is -2.37. The van der Waals surface area contributed by atoms with Crippen molar-refractivity contribution in [2.75, 3.05) is 14.1 Å². The number of fused-ring (bicyclic) bond motifs is 1. The minimum absolute atomic E-state index is 0.0509. The Labute approximate surface area is 147 Å². The topological polar surface area (TPSA) is 191 Å². The lowest BCUT2D eigenvalue weighted by molar-refractivity contribution is -0.137. The number of carboxylic acid groups (broad SMARTS) is 1. The maximum Gasteiger partial charge on any atom is 0.332 e. The van der Waals surface area contributed by atoms with Crippen LogP contribution in [0, 0.1) is 5.41 Å². The first-order chi connectivity index (χ1) is 12.0. The number of aliphatic imine (C=N–C) groups is 1. The van der Waals surface area contributed by atoms with Crippen molar-refractivity contribution in [1.82, 2.24) is 23.6 Å². The molecule has 0 aliphatic heterocycles. The van der Waals surface area contributed by atoms with Gasteiger partial charge in [0.05, 0.1) is 6.33 Å². The summed E-state index contributed by atoms with van der Waals surface area (Å²) < 4.78 is 3.33. The summed E-state index contributed by atoms with van der Waals surface area (Å²) in [7, 11) is 6.19. The first-order valence-corrected chi connectivity index (χ1v) is 7.15. The molecule has 0 unspecified atom stereocenters.